The van der Waals surface area contributed by atoms with E-state index in [0.717, 1.165) is 38.5 Å². The third-order valence-corrected chi connectivity index (χ3v) is 11.1. The van der Waals surface area contributed by atoms with E-state index in [1.165, 1.54) is 0 Å². The molecule has 6 aliphatic rings. The summed E-state index contributed by atoms with van der Waals surface area (Å²) in [7, 11) is 0. The van der Waals surface area contributed by atoms with Crippen molar-refractivity contribution in [1.29, 1.82) is 10.5 Å². The van der Waals surface area contributed by atoms with Gasteiger partial charge in [0.25, 0.3) is 12.5 Å². The number of amides is 2. The average Bonchev–Trinajstić information content (AvgIpc) is 3.59. The van der Waals surface area contributed by atoms with E-state index in [0.29, 0.717) is 46.5 Å². The molecule has 0 N–H and O–H groups in total. The number of benzene rings is 2. The van der Waals surface area contributed by atoms with Gasteiger partial charge in [0.1, 0.15) is 17.2 Å². The molecule has 0 bridgehead atoms. The molecule has 2 aliphatic heterocycles. The van der Waals surface area contributed by atoms with Gasteiger partial charge in [0.05, 0.1) is 0 Å². The highest BCUT2D eigenvalue weighted by atomic mass is 16.5. The van der Waals surface area contributed by atoms with Crippen LogP contribution in [0.5, 0.6) is 11.5 Å². The first-order valence-corrected chi connectivity index (χ1v) is 14.1. The number of hydrogen-bond acceptors (Lipinski definition) is 6. The zero-order chi connectivity index (χ0) is 26.5. The van der Waals surface area contributed by atoms with Crippen molar-refractivity contribution in [3.63, 3.8) is 0 Å². The van der Waals surface area contributed by atoms with Crippen LogP contribution in [0.25, 0.3) is 0 Å². The number of nitriles is 2. The molecule has 39 heavy (non-hydrogen) atoms. The number of fused-ring (bicyclic) bond motifs is 10. The van der Waals surface area contributed by atoms with Crippen molar-refractivity contribution in [2.24, 2.45) is 47.3 Å². The fraction of sp³-hybridized carbons (Fsp3) is 0.484. The molecule has 8 rings (SSSR count). The van der Waals surface area contributed by atoms with E-state index in [9.17, 15) is 20.1 Å². The predicted octanol–water partition coefficient (Wildman–Crippen LogP) is 4.82. The molecule has 196 valence electrons. The van der Waals surface area contributed by atoms with Crippen LogP contribution in [0, 0.1) is 70.4 Å². The van der Waals surface area contributed by atoms with Crippen molar-refractivity contribution >= 4 is 23.2 Å². The number of rotatable bonds is 4. The predicted molar refractivity (Wildman–Crippen MR) is 139 cm³/mol. The van der Waals surface area contributed by atoms with Gasteiger partial charge in [0, 0.05) is 47.2 Å². The van der Waals surface area contributed by atoms with Crippen LogP contribution in [0.15, 0.2) is 48.5 Å². The van der Waals surface area contributed by atoms with E-state index in [4.69, 9.17) is 9.47 Å². The Morgan fingerprint density at radius 3 is 1.56 bits per heavy atom. The molecule has 8 heteroatoms. The van der Waals surface area contributed by atoms with Crippen LogP contribution in [0.1, 0.15) is 38.5 Å². The highest BCUT2D eigenvalue weighted by Gasteiger charge is 2.83. The second-order valence-electron chi connectivity index (χ2n) is 12.1. The zero-order valence-electron chi connectivity index (χ0n) is 21.4. The Kier molecular flexibility index (Phi) is 4.69. The van der Waals surface area contributed by atoms with Crippen LogP contribution in [0.3, 0.4) is 0 Å². The second kappa shape index (κ2) is 7.99. The summed E-state index contributed by atoms with van der Waals surface area (Å²) in [5, 5.41) is 18.4. The summed E-state index contributed by atoms with van der Waals surface area (Å²) in [6.07, 6.45) is 10.0. The summed E-state index contributed by atoms with van der Waals surface area (Å²) in [6, 6.07) is 14.4. The Morgan fingerprint density at radius 2 is 1.13 bits per heavy atom. The molecule has 2 amide bonds. The molecule has 0 radical (unpaired) electrons. The minimum absolute atomic E-state index is 0.0408. The molecule has 1 spiro atoms. The number of carbonyl (C=O) groups is 2. The minimum atomic E-state index is -0.836. The standard InChI is InChI=1S/C31H28N4O4/c32-15-38-19-7-1-5-17(13-19)34-29(36)25-21-9-3-11-23(21)27(25)31(34)28-24-12-4-10-22(24)26(28)30(37)35(31)18-6-2-8-20(14-18)39-16-33/h1-2,5-8,13-14,21-28H,3-4,9-12H2. The van der Waals surface area contributed by atoms with Gasteiger partial charge >= 0.3 is 0 Å². The molecule has 0 aromatic heterocycles. The van der Waals surface area contributed by atoms with Crippen molar-refractivity contribution < 1.29 is 19.1 Å². The maximum atomic E-state index is 14.6. The lowest BCUT2D eigenvalue weighted by molar-refractivity contribution is -0.131. The molecule has 2 aromatic carbocycles. The molecular weight excluding hydrogens is 492 g/mol. The average molecular weight is 521 g/mol. The first kappa shape index (κ1) is 22.9. The lowest BCUT2D eigenvalue weighted by Crippen LogP contribution is -2.69. The van der Waals surface area contributed by atoms with E-state index in [1.807, 2.05) is 34.1 Å². The number of carbonyl (C=O) groups excluding carboxylic acids is 2. The zero-order valence-corrected chi connectivity index (χ0v) is 21.4. The van der Waals surface area contributed by atoms with E-state index in [2.05, 4.69) is 0 Å². The summed E-state index contributed by atoms with van der Waals surface area (Å²) in [6.45, 7) is 0. The summed E-state index contributed by atoms with van der Waals surface area (Å²) in [5.41, 5.74) is 0.505. The van der Waals surface area contributed by atoms with E-state index < -0.39 is 5.66 Å². The molecule has 8 unspecified atom stereocenters. The highest BCUT2D eigenvalue weighted by Crippen LogP contribution is 2.75. The lowest BCUT2D eigenvalue weighted by Gasteiger charge is -2.59. The largest absolute Gasteiger partial charge is 0.388 e. The Hall–Kier alpha value is -4.04. The number of anilines is 2. The van der Waals surface area contributed by atoms with Gasteiger partial charge in [0.15, 0.2) is 0 Å². The third-order valence-electron chi connectivity index (χ3n) is 11.1. The van der Waals surface area contributed by atoms with E-state index in [1.54, 1.807) is 36.8 Å². The van der Waals surface area contributed by atoms with E-state index in [-0.39, 0.29) is 35.5 Å². The van der Waals surface area contributed by atoms with Crippen LogP contribution in [-0.4, -0.2) is 17.5 Å². The van der Waals surface area contributed by atoms with Crippen LogP contribution in [0.2, 0.25) is 0 Å². The molecule has 4 saturated carbocycles. The van der Waals surface area contributed by atoms with Gasteiger partial charge < -0.3 is 9.47 Å². The Labute approximate surface area is 226 Å². The Balaban J connectivity index is 1.38. The molecule has 8 nitrogen and oxygen atoms in total. The van der Waals surface area contributed by atoms with Gasteiger partial charge in [-0.05, 0) is 73.6 Å². The Morgan fingerprint density at radius 1 is 0.692 bits per heavy atom. The molecular formula is C31H28N4O4. The summed E-state index contributed by atoms with van der Waals surface area (Å²) in [5.74, 6) is 2.27. The number of hydrogen-bond donors (Lipinski definition) is 0. The normalized spacial score (nSPS) is 38.7. The Bertz CT molecular complexity index is 1380. The van der Waals surface area contributed by atoms with Gasteiger partial charge in [-0.1, -0.05) is 25.0 Å². The minimum Gasteiger partial charge on any atom is -0.388 e. The number of nitrogens with zero attached hydrogens (tertiary/aromatic N) is 4. The topological polar surface area (TPSA) is 107 Å². The third kappa shape index (κ3) is 2.67. The van der Waals surface area contributed by atoms with Gasteiger partial charge in [-0.15, -0.1) is 10.5 Å². The maximum absolute atomic E-state index is 14.6. The van der Waals surface area contributed by atoms with Crippen LogP contribution in [-0.2, 0) is 9.59 Å². The van der Waals surface area contributed by atoms with Gasteiger partial charge in [-0.2, -0.15) is 0 Å². The van der Waals surface area contributed by atoms with Crippen molar-refractivity contribution in [2.45, 2.75) is 44.2 Å². The maximum Gasteiger partial charge on any atom is 0.292 e. The van der Waals surface area contributed by atoms with Gasteiger partial charge in [-0.3, -0.25) is 19.4 Å². The summed E-state index contributed by atoms with van der Waals surface area (Å²) in [4.78, 5) is 33.0. The van der Waals surface area contributed by atoms with Crippen molar-refractivity contribution in [3.8, 4) is 24.0 Å². The van der Waals surface area contributed by atoms with Crippen LogP contribution < -0.4 is 19.3 Å². The SMILES string of the molecule is N#COc1cccc(N2C(=O)C3C4CCCC4C3C23C2C4CCCC4C2C(=O)N3c2cccc(OC#N)c2)c1. The fourth-order valence-corrected chi connectivity index (χ4v) is 10.1. The van der Waals surface area contributed by atoms with Crippen molar-refractivity contribution in [2.75, 3.05) is 9.80 Å². The molecule has 8 atom stereocenters. The summed E-state index contributed by atoms with van der Waals surface area (Å²) < 4.78 is 10.4. The quantitative estimate of drug-likeness (QED) is 0.535. The molecule has 2 aromatic rings. The van der Waals surface area contributed by atoms with Crippen LogP contribution >= 0.6 is 0 Å². The fourth-order valence-electron chi connectivity index (χ4n) is 10.1. The smallest absolute Gasteiger partial charge is 0.292 e. The monoisotopic (exact) mass is 520 g/mol. The molecule has 2 saturated heterocycles. The van der Waals surface area contributed by atoms with E-state index >= 15 is 0 Å². The highest BCUT2D eigenvalue weighted by molar-refractivity contribution is 6.09. The molecule has 4 aliphatic carbocycles. The van der Waals surface area contributed by atoms with Gasteiger partial charge in [0.2, 0.25) is 11.8 Å². The van der Waals surface area contributed by atoms with Crippen molar-refractivity contribution in [1.82, 2.24) is 0 Å². The first-order chi connectivity index (χ1) is 19.1. The van der Waals surface area contributed by atoms with Crippen LogP contribution in [0.4, 0.5) is 11.4 Å². The molecule has 6 fully saturated rings. The summed E-state index contributed by atoms with van der Waals surface area (Å²) >= 11 is 0. The van der Waals surface area contributed by atoms with Gasteiger partial charge in [-0.25, -0.2) is 0 Å². The first-order valence-electron chi connectivity index (χ1n) is 14.1. The second-order valence-corrected chi connectivity index (χ2v) is 12.1. The molecule has 2 heterocycles. The van der Waals surface area contributed by atoms with Crippen molar-refractivity contribution in [3.05, 3.63) is 48.5 Å². The lowest BCUT2D eigenvalue weighted by atomic mass is 9.48. The number of ether oxygens (including phenoxy) is 2.